The van der Waals surface area contributed by atoms with Gasteiger partial charge in [-0.15, -0.1) is 0 Å². The van der Waals surface area contributed by atoms with Gasteiger partial charge < -0.3 is 74.6 Å². The number of phosphoric acid groups is 1. The third kappa shape index (κ3) is 13.5. The quantitative estimate of drug-likeness (QED) is 0.0603. The molecule has 1 unspecified atom stereocenters. The zero-order valence-electron chi connectivity index (χ0n) is 52.1. The largest absolute Gasteiger partial charge is 0.682 e. The number of nitrogens with one attached hydrogen (secondary N) is 1. The summed E-state index contributed by atoms with van der Waals surface area (Å²) in [5.41, 5.74) is 34.3. The number of ether oxygens (including phenoxy) is 1. The number of rotatable bonds is 26. The Morgan fingerprint density at radius 3 is 2.01 bits per heavy atom. The number of aliphatic hydroxyl groups is 2. The number of benzene rings is 1. The Hall–Kier alpha value is -6.69. The van der Waals surface area contributed by atoms with Crippen molar-refractivity contribution < 1.29 is 88.9 Å². The van der Waals surface area contributed by atoms with E-state index >= 15 is 0 Å². The number of fused-ring (bicyclic) bond motifs is 7. The second-order valence-electron chi connectivity index (χ2n) is 26.3. The summed E-state index contributed by atoms with van der Waals surface area (Å²) in [6, 6.07) is 3.26. The fourth-order valence-corrected chi connectivity index (χ4v) is 16.2. The molecule has 15 atom stereocenters. The molecule has 495 valence electrons. The Kier molecular flexibility index (Phi) is 20.8. The van der Waals surface area contributed by atoms with E-state index in [9.17, 15) is 58.3 Å². The van der Waals surface area contributed by atoms with Crippen molar-refractivity contribution in [3.05, 3.63) is 64.2 Å². The first-order valence-electron chi connectivity index (χ1n) is 29.8. The van der Waals surface area contributed by atoms with E-state index in [0.29, 0.717) is 56.4 Å². The van der Waals surface area contributed by atoms with Crippen LogP contribution in [0.25, 0.3) is 16.4 Å². The molecule has 2 saturated heterocycles. The second kappa shape index (κ2) is 26.5. The van der Waals surface area contributed by atoms with E-state index in [4.69, 9.17) is 68.5 Å². The number of carbonyl (C=O) groups excluding carboxylic acids is 7. The van der Waals surface area contributed by atoms with Gasteiger partial charge in [0.15, 0.2) is 6.23 Å². The summed E-state index contributed by atoms with van der Waals surface area (Å²) in [5.74, 6) is -7.48. The normalized spacial score (nSPS) is 31.9. The van der Waals surface area contributed by atoms with Gasteiger partial charge in [-0.05, 0) is 94.1 Å². The monoisotopic (exact) mass is 1320 g/mol. The van der Waals surface area contributed by atoms with Gasteiger partial charge in [-0.25, -0.2) is 9.55 Å². The molecule has 2 aromatic rings. The summed E-state index contributed by atoms with van der Waals surface area (Å²) in [6.07, 6.45) is -4.93. The third-order valence-corrected chi connectivity index (χ3v) is 21.0. The molecule has 7 amide bonds. The van der Waals surface area contributed by atoms with E-state index in [0.717, 1.165) is 0 Å². The summed E-state index contributed by atoms with van der Waals surface area (Å²) in [5, 5.41) is 39.9. The standard InChI is InChI=1S/C60H86N13O15P.Co/c1-28(87-89(84,85)88-51-39(26-74)86-55(50(51)83)73-27-68-37-20-31(75)10-14-38(37)73)25-67-47(82)18-19-57(6)35(21-44(64)79)54-60(9)59(8,24-46(66)81)34(13-17-43(63)78)49(72-60)30(3)53-58(7,23-45(65)80)32(11-15-41(61)76)36(69-53)22-40-56(4,5)33(12-16-42(62)77)48(70-40)29(2)52(57)71-54;/h10,14,20,22,27-28,32-35,39,50-51,54-55,74,83H,11-13,15-19,21,23-26H2,1-9H3,(H16,61,62,63,64,65,66,67,69,70,71,72,75,76,77,78,79,80,81,82,84,85);/p-1/t28-,32-,33-,34-,35+,39-,50-,51-,54-,55+,57-,58+,59+,60+;/m1./s1. The SMILES string of the molecule is CC1=C2[N-][C@H]([C@H](CC(N)=O)[C@@]2(C)CCC(=O)NC[C@@H](C)OP(=O)(O)O[C@H]2[C@@H](O)[C@@H](n3cnc4cc(O)ccc43)O[C@@H]2CO)[C@]2(C)N=C(C(C)=C3N=C(C=C4N=C1[C@@H](CCC(N)=O)C4(C)C)[C@@H](CCC(N)=O)[C@]3(C)CC(N)=O)[C@@H](CCC(N)=O)[C@]2(C)CC(N)=O.[Co]. The van der Waals surface area contributed by atoms with Gasteiger partial charge in [0.05, 0.1) is 41.3 Å². The van der Waals surface area contributed by atoms with Crippen LogP contribution in [-0.2, 0) is 68.7 Å². The molecular weight excluding hydrogens is 1230 g/mol. The first-order valence-corrected chi connectivity index (χ1v) is 31.3. The maximum Gasteiger partial charge on any atom is 0.472 e. The number of nitrogens with zero attached hydrogens (tertiary/aromatic N) is 6. The van der Waals surface area contributed by atoms with Crippen LogP contribution < -0.4 is 39.7 Å². The number of aliphatic hydroxyl groups excluding tert-OH is 2. The summed E-state index contributed by atoms with van der Waals surface area (Å²) in [4.78, 5) is 125. The predicted octanol–water partition coefficient (Wildman–Crippen LogP) is 3.03. The van der Waals surface area contributed by atoms with Crippen LogP contribution in [0.2, 0.25) is 0 Å². The van der Waals surface area contributed by atoms with Crippen molar-refractivity contribution in [1.29, 1.82) is 0 Å². The average Bonchev–Trinajstić information content (AvgIpc) is 1.53. The van der Waals surface area contributed by atoms with Crippen LogP contribution in [-0.4, -0.2) is 137 Å². The zero-order valence-corrected chi connectivity index (χ0v) is 54.0. The molecule has 0 aliphatic carbocycles. The molecule has 8 bridgehead atoms. The van der Waals surface area contributed by atoms with Gasteiger partial charge in [0.1, 0.15) is 24.1 Å². The van der Waals surface area contributed by atoms with E-state index in [1.165, 1.54) is 36.0 Å². The Labute approximate surface area is 531 Å². The molecule has 1 aromatic heterocycles. The molecule has 8 rings (SSSR count). The van der Waals surface area contributed by atoms with Gasteiger partial charge in [0.25, 0.3) is 0 Å². The maximum atomic E-state index is 14.3. The molecule has 6 aliphatic rings. The number of nitrogens with two attached hydrogens (primary N) is 6. The number of aliphatic imine (C=N–C) groups is 3. The Balaban J connectivity index is 0.0000115. The van der Waals surface area contributed by atoms with Crippen LogP contribution in [0.1, 0.15) is 139 Å². The first kappa shape index (κ1) is 70.8. The number of aromatic hydroxyl groups is 1. The van der Waals surface area contributed by atoms with Crippen molar-refractivity contribution in [2.24, 2.45) is 94.7 Å². The summed E-state index contributed by atoms with van der Waals surface area (Å²) in [7, 11) is -5.09. The third-order valence-electron chi connectivity index (χ3n) is 19.9. The number of hydrogen-bond acceptors (Lipinski definition) is 18. The van der Waals surface area contributed by atoms with Crippen LogP contribution >= 0.6 is 7.82 Å². The molecule has 0 spiro atoms. The van der Waals surface area contributed by atoms with E-state index in [1.807, 2.05) is 47.6 Å². The van der Waals surface area contributed by atoms with Crippen LogP contribution in [0.15, 0.2) is 73.8 Å². The van der Waals surface area contributed by atoms with Gasteiger partial charge in [0.2, 0.25) is 41.4 Å². The molecular formula is C60H85CoN13O15P-. The fourth-order valence-electron chi connectivity index (χ4n) is 15.1. The summed E-state index contributed by atoms with van der Waals surface area (Å²) in [6.45, 7) is 15.1. The van der Waals surface area contributed by atoms with Crippen molar-refractivity contribution in [2.45, 2.75) is 175 Å². The van der Waals surface area contributed by atoms with E-state index in [1.54, 1.807) is 13.8 Å². The number of allylic oxidation sites excluding steroid dienone is 6. The van der Waals surface area contributed by atoms with Crippen molar-refractivity contribution in [1.82, 2.24) is 14.9 Å². The van der Waals surface area contributed by atoms with Gasteiger partial charge in [-0.3, -0.25) is 57.6 Å². The molecule has 7 heterocycles. The Bertz CT molecular complexity index is 3490. The van der Waals surface area contributed by atoms with Crippen molar-refractivity contribution in [2.75, 3.05) is 13.2 Å². The van der Waals surface area contributed by atoms with Crippen LogP contribution in [0.3, 0.4) is 0 Å². The number of amides is 7. The molecule has 2 fully saturated rings. The molecule has 0 saturated carbocycles. The molecule has 1 radical (unpaired) electrons. The minimum atomic E-state index is -5.09. The van der Waals surface area contributed by atoms with Crippen LogP contribution in [0.5, 0.6) is 5.75 Å². The molecule has 90 heavy (non-hydrogen) atoms. The Morgan fingerprint density at radius 1 is 0.811 bits per heavy atom. The second-order valence-corrected chi connectivity index (χ2v) is 27.6. The minimum Gasteiger partial charge on any atom is -0.682 e. The molecule has 1 aromatic carbocycles. The van der Waals surface area contributed by atoms with Gasteiger partial charge in [-0.1, -0.05) is 40.7 Å². The summed E-state index contributed by atoms with van der Waals surface area (Å²) < 4.78 is 31.8. The van der Waals surface area contributed by atoms with E-state index in [2.05, 4.69) is 10.3 Å². The average molecular weight is 1320 g/mol. The predicted molar refractivity (Wildman–Crippen MR) is 326 cm³/mol. The van der Waals surface area contributed by atoms with E-state index in [-0.39, 0.29) is 99.7 Å². The van der Waals surface area contributed by atoms with Gasteiger partial charge in [-0.2, -0.15) is 5.70 Å². The molecule has 30 heteroatoms. The van der Waals surface area contributed by atoms with Crippen molar-refractivity contribution >= 4 is 77.3 Å². The number of hydrogen-bond donors (Lipinski definition) is 11. The number of aromatic nitrogens is 2. The zero-order chi connectivity index (χ0) is 65.8. The number of phosphoric ester groups is 1. The molecule has 28 nitrogen and oxygen atoms in total. The molecule has 6 aliphatic heterocycles. The number of imidazole rings is 1. The summed E-state index contributed by atoms with van der Waals surface area (Å²) >= 11 is 0. The van der Waals surface area contributed by atoms with Crippen LogP contribution in [0, 0.1) is 45.3 Å². The first-order chi connectivity index (χ1) is 41.4. The molecule has 17 N–H and O–H groups in total. The number of primary amides is 6. The number of phenols is 1. The topological polar surface area (TPSA) is 482 Å². The van der Waals surface area contributed by atoms with Gasteiger partial charge in [0, 0.05) is 131 Å². The van der Waals surface area contributed by atoms with E-state index < -0.39 is 143 Å². The van der Waals surface area contributed by atoms with Crippen molar-refractivity contribution in [3.63, 3.8) is 0 Å². The smallest absolute Gasteiger partial charge is 0.472 e. The number of phenolic OH excluding ortho intramolecular Hbond substituents is 1. The fraction of sp³-hybridized carbons (Fsp3) is 0.617. The van der Waals surface area contributed by atoms with Crippen LogP contribution in [0.4, 0.5) is 0 Å². The minimum absolute atomic E-state index is 0. The number of carbonyl (C=O) groups is 7. The van der Waals surface area contributed by atoms with Gasteiger partial charge >= 0.3 is 7.82 Å². The maximum absolute atomic E-state index is 14.3. The van der Waals surface area contributed by atoms with Crippen molar-refractivity contribution in [3.8, 4) is 5.75 Å². The Morgan fingerprint density at radius 2 is 1.42 bits per heavy atom.